The Morgan fingerprint density at radius 2 is 1.70 bits per heavy atom. The summed E-state index contributed by atoms with van der Waals surface area (Å²) in [5.74, 6) is 0.106. The van der Waals surface area contributed by atoms with Crippen LogP contribution >= 0.6 is 0 Å². The number of hydrogen-bond donors (Lipinski definition) is 0. The summed E-state index contributed by atoms with van der Waals surface area (Å²) in [7, 11) is 1.94. The lowest BCUT2D eigenvalue weighted by atomic mass is 9.81. The summed E-state index contributed by atoms with van der Waals surface area (Å²) in [6.45, 7) is 14.8. The van der Waals surface area contributed by atoms with Crippen molar-refractivity contribution in [1.29, 1.82) is 10.5 Å². The van der Waals surface area contributed by atoms with E-state index in [1.54, 1.807) is 0 Å². The van der Waals surface area contributed by atoms with Gasteiger partial charge in [0.25, 0.3) is 0 Å². The standard InChI is InChI=1S/C16H27N3O/c1-13(20-15(2,3)4)19(7)9-8-16(5,6)10-14(11-17)12-18/h14H,1,8-10H2,2-7H3. The average molecular weight is 277 g/mol. The van der Waals surface area contributed by atoms with E-state index >= 15 is 0 Å². The second-order valence-electron chi connectivity index (χ2n) is 6.96. The van der Waals surface area contributed by atoms with Gasteiger partial charge in [-0.05, 0) is 45.6 Å². The van der Waals surface area contributed by atoms with Gasteiger partial charge in [-0.3, -0.25) is 0 Å². The van der Waals surface area contributed by atoms with E-state index in [1.165, 1.54) is 0 Å². The molecule has 0 aromatic carbocycles. The van der Waals surface area contributed by atoms with E-state index < -0.39 is 5.92 Å². The summed E-state index contributed by atoms with van der Waals surface area (Å²) in [6, 6.07) is 4.06. The molecule has 0 radical (unpaired) electrons. The van der Waals surface area contributed by atoms with E-state index in [9.17, 15) is 0 Å². The molecule has 0 saturated carbocycles. The molecule has 112 valence electrons. The molecular weight excluding hydrogens is 250 g/mol. The first-order valence-corrected chi connectivity index (χ1v) is 6.89. The molecule has 0 aliphatic carbocycles. The maximum absolute atomic E-state index is 8.87. The normalized spacial score (nSPS) is 11.7. The van der Waals surface area contributed by atoms with Crippen LogP contribution in [0.15, 0.2) is 12.5 Å². The molecular formula is C16H27N3O. The molecule has 0 aromatic rings. The Morgan fingerprint density at radius 3 is 2.10 bits per heavy atom. The molecule has 0 aromatic heterocycles. The Balaban J connectivity index is 4.37. The predicted molar refractivity (Wildman–Crippen MR) is 80.3 cm³/mol. The molecule has 20 heavy (non-hydrogen) atoms. The molecule has 0 saturated heterocycles. The highest BCUT2D eigenvalue weighted by atomic mass is 16.5. The summed E-state index contributed by atoms with van der Waals surface area (Å²) in [6.07, 6.45) is 1.45. The van der Waals surface area contributed by atoms with Crippen molar-refractivity contribution in [3.63, 3.8) is 0 Å². The van der Waals surface area contributed by atoms with E-state index in [-0.39, 0.29) is 11.0 Å². The van der Waals surface area contributed by atoms with Crippen LogP contribution in [0.1, 0.15) is 47.5 Å². The first-order valence-electron chi connectivity index (χ1n) is 6.89. The third kappa shape index (κ3) is 7.69. The van der Waals surface area contributed by atoms with E-state index in [0.29, 0.717) is 12.3 Å². The van der Waals surface area contributed by atoms with Crippen LogP contribution in [-0.2, 0) is 4.74 Å². The molecule has 0 aliphatic rings. The zero-order chi connectivity index (χ0) is 16.0. The van der Waals surface area contributed by atoms with Crippen LogP contribution in [-0.4, -0.2) is 24.1 Å². The lowest BCUT2D eigenvalue weighted by Crippen LogP contribution is -2.30. The van der Waals surface area contributed by atoms with Gasteiger partial charge in [0.2, 0.25) is 0 Å². The van der Waals surface area contributed by atoms with Crippen LogP contribution in [0.4, 0.5) is 0 Å². The molecule has 0 heterocycles. The van der Waals surface area contributed by atoms with Crippen LogP contribution < -0.4 is 0 Å². The second kappa shape index (κ2) is 7.20. The van der Waals surface area contributed by atoms with Crippen LogP contribution in [0.25, 0.3) is 0 Å². The van der Waals surface area contributed by atoms with Crippen molar-refractivity contribution >= 4 is 0 Å². The average Bonchev–Trinajstić information content (AvgIpc) is 2.31. The minimum atomic E-state index is -0.538. The molecule has 4 heteroatoms. The summed E-state index contributed by atoms with van der Waals surface area (Å²) in [5, 5.41) is 17.7. The second-order valence-corrected chi connectivity index (χ2v) is 6.96. The Bertz CT molecular complexity index is 393. The van der Waals surface area contributed by atoms with E-state index in [0.717, 1.165) is 13.0 Å². The number of ether oxygens (including phenoxy) is 1. The number of nitrogens with zero attached hydrogens (tertiary/aromatic N) is 3. The van der Waals surface area contributed by atoms with Gasteiger partial charge in [-0.25, -0.2) is 0 Å². The Morgan fingerprint density at radius 1 is 1.20 bits per heavy atom. The largest absolute Gasteiger partial charge is 0.474 e. The molecule has 0 fully saturated rings. The quantitative estimate of drug-likeness (QED) is 0.666. The van der Waals surface area contributed by atoms with Crippen LogP contribution in [0.3, 0.4) is 0 Å². The monoisotopic (exact) mass is 277 g/mol. The van der Waals surface area contributed by atoms with E-state index in [2.05, 4.69) is 20.4 Å². The van der Waals surface area contributed by atoms with Gasteiger partial charge in [-0.15, -0.1) is 0 Å². The Kier molecular flexibility index (Phi) is 6.59. The summed E-state index contributed by atoms with van der Waals surface area (Å²) >= 11 is 0. The van der Waals surface area contributed by atoms with E-state index in [1.807, 2.05) is 44.9 Å². The van der Waals surface area contributed by atoms with Crippen LogP contribution in [0, 0.1) is 34.0 Å². The van der Waals surface area contributed by atoms with Crippen molar-refractivity contribution in [2.75, 3.05) is 13.6 Å². The number of rotatable bonds is 7. The van der Waals surface area contributed by atoms with Gasteiger partial charge in [0.1, 0.15) is 11.5 Å². The van der Waals surface area contributed by atoms with Gasteiger partial charge < -0.3 is 9.64 Å². The zero-order valence-electron chi connectivity index (χ0n) is 13.7. The van der Waals surface area contributed by atoms with Gasteiger partial charge >= 0.3 is 0 Å². The topological polar surface area (TPSA) is 60.0 Å². The third-order valence-electron chi connectivity index (χ3n) is 3.04. The minimum absolute atomic E-state index is 0.0631. The van der Waals surface area contributed by atoms with Crippen molar-refractivity contribution in [2.24, 2.45) is 11.3 Å². The fraction of sp³-hybridized carbons (Fsp3) is 0.750. The Hall–Kier alpha value is -1.68. The van der Waals surface area contributed by atoms with Crippen molar-refractivity contribution in [3.8, 4) is 12.1 Å². The van der Waals surface area contributed by atoms with Gasteiger partial charge in [0, 0.05) is 13.6 Å². The Labute approximate surface area is 123 Å². The molecule has 4 nitrogen and oxygen atoms in total. The fourth-order valence-electron chi connectivity index (χ4n) is 1.80. The van der Waals surface area contributed by atoms with Crippen molar-refractivity contribution in [3.05, 3.63) is 12.5 Å². The molecule has 0 unspecified atom stereocenters. The molecule has 0 spiro atoms. The molecule has 0 amide bonds. The highest BCUT2D eigenvalue weighted by Gasteiger charge is 2.24. The first kappa shape index (κ1) is 18.3. The van der Waals surface area contributed by atoms with Gasteiger partial charge in [0.05, 0.1) is 12.1 Å². The van der Waals surface area contributed by atoms with Gasteiger partial charge in [-0.2, -0.15) is 10.5 Å². The molecule has 0 bridgehead atoms. The number of nitriles is 2. The van der Waals surface area contributed by atoms with Crippen LogP contribution in [0.2, 0.25) is 0 Å². The summed E-state index contributed by atoms with van der Waals surface area (Å²) in [4.78, 5) is 1.97. The van der Waals surface area contributed by atoms with E-state index in [4.69, 9.17) is 15.3 Å². The molecule has 0 atom stereocenters. The fourth-order valence-corrected chi connectivity index (χ4v) is 1.80. The van der Waals surface area contributed by atoms with Crippen LogP contribution in [0.5, 0.6) is 0 Å². The van der Waals surface area contributed by atoms with Crippen molar-refractivity contribution in [2.45, 2.75) is 53.1 Å². The maximum atomic E-state index is 8.87. The van der Waals surface area contributed by atoms with Gasteiger partial charge in [-0.1, -0.05) is 13.8 Å². The SMILES string of the molecule is C=C(OC(C)(C)C)N(C)CCC(C)(C)CC(C#N)C#N. The highest BCUT2D eigenvalue weighted by molar-refractivity contribution is 5.01. The lowest BCUT2D eigenvalue weighted by molar-refractivity contribution is 0.00708. The number of hydrogen-bond acceptors (Lipinski definition) is 4. The zero-order valence-corrected chi connectivity index (χ0v) is 13.7. The summed E-state index contributed by atoms with van der Waals surface area (Å²) in [5.41, 5.74) is -0.319. The third-order valence-corrected chi connectivity index (χ3v) is 3.04. The van der Waals surface area contributed by atoms with Crippen molar-refractivity contribution < 1.29 is 4.74 Å². The lowest BCUT2D eigenvalue weighted by Gasteiger charge is -2.32. The smallest absolute Gasteiger partial charge is 0.182 e. The molecule has 0 aliphatic heterocycles. The predicted octanol–water partition coefficient (Wildman–Crippen LogP) is 3.67. The molecule has 0 rings (SSSR count). The summed E-state index contributed by atoms with van der Waals surface area (Å²) < 4.78 is 5.71. The first-order chi connectivity index (χ1) is 9.00. The van der Waals surface area contributed by atoms with Gasteiger partial charge in [0.15, 0.2) is 5.88 Å². The molecule has 0 N–H and O–H groups in total. The maximum Gasteiger partial charge on any atom is 0.182 e. The van der Waals surface area contributed by atoms with Crippen molar-refractivity contribution in [1.82, 2.24) is 4.90 Å². The minimum Gasteiger partial charge on any atom is -0.474 e. The highest BCUT2D eigenvalue weighted by Crippen LogP contribution is 2.29.